The van der Waals surface area contributed by atoms with E-state index in [-0.39, 0.29) is 0 Å². The minimum absolute atomic E-state index is 0.913. The van der Waals surface area contributed by atoms with Crippen molar-refractivity contribution in [2.45, 2.75) is 32.1 Å². The van der Waals surface area contributed by atoms with Gasteiger partial charge in [-0.1, -0.05) is 6.42 Å². The molecule has 4 fully saturated rings. The lowest BCUT2D eigenvalue weighted by Gasteiger charge is -2.28. The first-order valence-electron chi connectivity index (χ1n) is 12.8. The molecule has 4 saturated heterocycles. The van der Waals surface area contributed by atoms with Crippen molar-refractivity contribution >= 4 is 0 Å². The monoisotopic (exact) mass is 458 g/mol. The van der Waals surface area contributed by atoms with Crippen LogP contribution >= 0.6 is 0 Å². The van der Waals surface area contributed by atoms with Crippen LogP contribution in [0.25, 0.3) is 0 Å². The fraction of sp³-hybridized carbons (Fsp3) is 1.00. The van der Waals surface area contributed by atoms with Gasteiger partial charge in [0.15, 0.2) is 0 Å². The molecule has 7 heteroatoms. The number of morpholine rings is 1. The molecule has 4 aliphatic rings. The molecule has 0 amide bonds. The second-order valence-electron chi connectivity index (χ2n) is 10.2. The Morgan fingerprint density at radius 2 is 0.656 bits per heavy atom. The van der Waals surface area contributed by atoms with E-state index in [1.807, 2.05) is 26.0 Å². The van der Waals surface area contributed by atoms with Gasteiger partial charge in [-0.15, -0.1) is 0 Å². The fourth-order valence-electron chi connectivity index (χ4n) is 3.49. The Morgan fingerprint density at radius 3 is 0.844 bits per heavy atom. The van der Waals surface area contributed by atoms with Crippen LogP contribution in [0.2, 0.25) is 0 Å². The number of ether oxygens (including phenoxy) is 1. The first-order valence-corrected chi connectivity index (χ1v) is 12.8. The summed E-state index contributed by atoms with van der Waals surface area (Å²) in [6.45, 7) is 14.2. The minimum Gasteiger partial charge on any atom is -0.379 e. The van der Waals surface area contributed by atoms with Crippen molar-refractivity contribution in [2.24, 2.45) is 0 Å². The van der Waals surface area contributed by atoms with E-state index in [1.54, 1.807) is 0 Å². The van der Waals surface area contributed by atoms with Gasteiger partial charge >= 0.3 is 0 Å². The zero-order valence-electron chi connectivity index (χ0n) is 23.1. The van der Waals surface area contributed by atoms with Crippen LogP contribution in [-0.4, -0.2) is 164 Å². The molecule has 0 unspecified atom stereocenters. The second-order valence-corrected chi connectivity index (χ2v) is 10.2. The maximum atomic E-state index is 5.10. The number of hydrogen-bond donors (Lipinski definition) is 0. The van der Waals surface area contributed by atoms with E-state index < -0.39 is 0 Å². The maximum Gasteiger partial charge on any atom is 0.0594 e. The summed E-state index contributed by atoms with van der Waals surface area (Å²) in [6, 6.07) is 0. The lowest BCUT2D eigenvalue weighted by atomic mass is 10.1. The standard InChI is InChI=1S/C6H14N2.C6H13N.C5H11NO.C5H11N.C3H9N/c1-7-3-5-8(2)6-4-7;1-7-5-3-2-4-6-7;1-6-2-4-7-5-3-6;1-6-4-2-3-5-6;1-4(2)3/h3-6H2,1-2H3;2-6H2,1H3;2-5H2,1H3;2-5H2,1H3;1-3H3. The number of hydrogen-bond acceptors (Lipinski definition) is 7. The van der Waals surface area contributed by atoms with Crippen LogP contribution in [-0.2, 0) is 4.74 Å². The molecule has 194 valence electrons. The van der Waals surface area contributed by atoms with E-state index >= 15 is 0 Å². The number of piperidine rings is 1. The molecule has 4 rings (SSSR count). The summed E-state index contributed by atoms with van der Waals surface area (Å²) in [6.07, 6.45) is 7.10. The van der Waals surface area contributed by atoms with Crippen LogP contribution in [0.15, 0.2) is 0 Å². The quantitative estimate of drug-likeness (QED) is 0.547. The first kappa shape index (κ1) is 31.7. The number of rotatable bonds is 0. The van der Waals surface area contributed by atoms with E-state index in [0.717, 1.165) is 26.3 Å². The third-order valence-corrected chi connectivity index (χ3v) is 5.87. The predicted molar refractivity (Wildman–Crippen MR) is 141 cm³/mol. The smallest absolute Gasteiger partial charge is 0.0594 e. The number of piperazine rings is 1. The summed E-state index contributed by atoms with van der Waals surface area (Å²) in [5.41, 5.74) is 0. The molecule has 0 saturated carbocycles. The third-order valence-electron chi connectivity index (χ3n) is 5.87. The Balaban J connectivity index is 0.000000382. The van der Waals surface area contributed by atoms with Gasteiger partial charge in [-0.3, -0.25) is 0 Å². The number of nitrogens with zero attached hydrogens (tertiary/aromatic N) is 6. The van der Waals surface area contributed by atoms with Gasteiger partial charge in [0.25, 0.3) is 0 Å². The van der Waals surface area contributed by atoms with Gasteiger partial charge in [-0.25, -0.2) is 0 Å². The summed E-state index contributed by atoms with van der Waals surface area (Å²) in [7, 11) is 16.8. The van der Waals surface area contributed by atoms with E-state index in [4.69, 9.17) is 4.74 Å². The average Bonchev–Trinajstić information content (AvgIpc) is 3.23. The molecule has 32 heavy (non-hydrogen) atoms. The number of likely N-dealkylation sites (N-methyl/N-ethyl adjacent to an activating group) is 3. The molecule has 0 aromatic heterocycles. The molecule has 0 N–H and O–H groups in total. The van der Waals surface area contributed by atoms with E-state index in [9.17, 15) is 0 Å². The highest BCUT2D eigenvalue weighted by molar-refractivity contribution is 4.64. The molecule has 7 nitrogen and oxygen atoms in total. The Kier molecular flexibility index (Phi) is 21.1. The third kappa shape index (κ3) is 22.9. The predicted octanol–water partition coefficient (Wildman–Crippen LogP) is 1.80. The number of likely N-dealkylation sites (tertiary alicyclic amines) is 2. The van der Waals surface area contributed by atoms with Gasteiger partial charge in [0, 0.05) is 39.3 Å². The molecular weight excluding hydrogens is 400 g/mol. The topological polar surface area (TPSA) is 28.7 Å². The molecule has 0 spiro atoms. The summed E-state index contributed by atoms with van der Waals surface area (Å²) >= 11 is 0. The van der Waals surface area contributed by atoms with Crippen LogP contribution in [0, 0.1) is 0 Å². The second kappa shape index (κ2) is 21.3. The first-order chi connectivity index (χ1) is 15.2. The summed E-state index contributed by atoms with van der Waals surface area (Å²) in [4.78, 5) is 13.7. The highest BCUT2D eigenvalue weighted by atomic mass is 16.5. The van der Waals surface area contributed by atoms with Crippen LogP contribution in [0.5, 0.6) is 0 Å². The normalized spacial score (nSPS) is 23.5. The SMILES string of the molecule is CN(C)C.CN1CCCC1.CN1CCCCC1.CN1CCN(C)CC1.CN1CCOCC1. The van der Waals surface area contributed by atoms with Gasteiger partial charge in [0.05, 0.1) is 13.2 Å². The maximum absolute atomic E-state index is 5.10. The van der Waals surface area contributed by atoms with E-state index in [0.29, 0.717) is 0 Å². The summed E-state index contributed by atoms with van der Waals surface area (Å²) in [5.74, 6) is 0. The zero-order chi connectivity index (χ0) is 24.2. The van der Waals surface area contributed by atoms with Gasteiger partial charge in [0.2, 0.25) is 0 Å². The summed E-state index contributed by atoms with van der Waals surface area (Å²) in [5, 5.41) is 0. The van der Waals surface area contributed by atoms with Crippen molar-refractivity contribution in [3.8, 4) is 0 Å². The van der Waals surface area contributed by atoms with Gasteiger partial charge in [0.1, 0.15) is 0 Å². The molecule has 4 aliphatic heterocycles. The molecule has 0 radical (unpaired) electrons. The van der Waals surface area contributed by atoms with Crippen molar-refractivity contribution in [2.75, 3.05) is 135 Å². The summed E-state index contributed by atoms with van der Waals surface area (Å²) < 4.78 is 5.10. The van der Waals surface area contributed by atoms with Crippen molar-refractivity contribution in [3.63, 3.8) is 0 Å². The molecular formula is C25H58N6O. The van der Waals surface area contributed by atoms with Crippen molar-refractivity contribution in [3.05, 3.63) is 0 Å². The Morgan fingerprint density at radius 1 is 0.406 bits per heavy atom. The van der Waals surface area contributed by atoms with Crippen molar-refractivity contribution in [1.82, 2.24) is 29.4 Å². The largest absolute Gasteiger partial charge is 0.379 e. The van der Waals surface area contributed by atoms with Gasteiger partial charge in [-0.05, 0) is 108 Å². The van der Waals surface area contributed by atoms with Crippen LogP contribution in [0.4, 0.5) is 0 Å². The van der Waals surface area contributed by atoms with Gasteiger partial charge < -0.3 is 34.1 Å². The van der Waals surface area contributed by atoms with E-state index in [1.165, 1.54) is 84.5 Å². The zero-order valence-corrected chi connectivity index (χ0v) is 23.1. The molecule has 0 atom stereocenters. The van der Waals surface area contributed by atoms with Crippen LogP contribution in [0.1, 0.15) is 32.1 Å². The Labute approximate surface area is 201 Å². The Bertz CT molecular complexity index is 344. The Hall–Kier alpha value is -0.280. The van der Waals surface area contributed by atoms with Crippen molar-refractivity contribution < 1.29 is 4.74 Å². The highest BCUT2D eigenvalue weighted by Crippen LogP contribution is 2.04. The minimum atomic E-state index is 0.913. The molecule has 0 aromatic carbocycles. The lowest BCUT2D eigenvalue weighted by molar-refractivity contribution is 0.0503. The highest BCUT2D eigenvalue weighted by Gasteiger charge is 2.08. The molecule has 0 aromatic rings. The molecule has 4 heterocycles. The fourth-order valence-corrected chi connectivity index (χ4v) is 3.49. The van der Waals surface area contributed by atoms with Crippen molar-refractivity contribution in [1.29, 1.82) is 0 Å². The molecule has 0 bridgehead atoms. The van der Waals surface area contributed by atoms with Crippen LogP contribution in [0.3, 0.4) is 0 Å². The lowest BCUT2D eigenvalue weighted by Crippen LogP contribution is -2.42. The van der Waals surface area contributed by atoms with E-state index in [2.05, 4.69) is 59.7 Å². The molecule has 0 aliphatic carbocycles. The average molecular weight is 459 g/mol. The van der Waals surface area contributed by atoms with Gasteiger partial charge in [-0.2, -0.15) is 0 Å². The van der Waals surface area contributed by atoms with Crippen LogP contribution < -0.4 is 0 Å².